The van der Waals surface area contributed by atoms with E-state index in [1.54, 1.807) is 0 Å². The van der Waals surface area contributed by atoms with E-state index in [9.17, 15) is 0 Å². The Morgan fingerprint density at radius 2 is 2.00 bits per heavy atom. The molecule has 0 spiro atoms. The number of benzene rings is 1. The van der Waals surface area contributed by atoms with E-state index < -0.39 is 0 Å². The molecule has 21 heavy (non-hydrogen) atoms. The van der Waals surface area contributed by atoms with E-state index in [1.807, 2.05) is 12.1 Å². The molecule has 2 atom stereocenters. The first-order valence-corrected chi connectivity index (χ1v) is 7.37. The standard InChI is InChI=1S/C16H21N3O2/c1-11-5-4-6-14(7-11)16-17-15(21-18-16)10-19-8-12(2)20-13(3)9-19/h4-7,12-13H,8-10H2,1-3H3. The van der Waals surface area contributed by atoms with Crippen LogP contribution < -0.4 is 0 Å². The molecule has 5 heteroatoms. The number of aryl methyl sites for hydroxylation is 1. The molecule has 1 aliphatic heterocycles. The molecule has 2 unspecified atom stereocenters. The van der Waals surface area contributed by atoms with Crippen LogP contribution in [-0.2, 0) is 11.3 Å². The highest BCUT2D eigenvalue weighted by Gasteiger charge is 2.23. The summed E-state index contributed by atoms with van der Waals surface area (Å²) in [6, 6.07) is 8.13. The van der Waals surface area contributed by atoms with Gasteiger partial charge in [0.15, 0.2) is 0 Å². The number of morpholine rings is 1. The molecular formula is C16H21N3O2. The molecule has 3 rings (SSSR count). The van der Waals surface area contributed by atoms with Crippen LogP contribution in [0.5, 0.6) is 0 Å². The third kappa shape index (κ3) is 3.49. The lowest BCUT2D eigenvalue weighted by Crippen LogP contribution is -2.44. The van der Waals surface area contributed by atoms with Gasteiger partial charge in [0, 0.05) is 18.7 Å². The van der Waals surface area contributed by atoms with E-state index in [0.717, 1.165) is 18.7 Å². The highest BCUT2D eigenvalue weighted by Crippen LogP contribution is 2.18. The van der Waals surface area contributed by atoms with E-state index in [2.05, 4.69) is 47.9 Å². The molecule has 0 bridgehead atoms. The molecule has 0 aliphatic carbocycles. The molecule has 0 radical (unpaired) electrons. The maximum absolute atomic E-state index is 5.73. The Bertz CT molecular complexity index is 601. The highest BCUT2D eigenvalue weighted by atomic mass is 16.5. The molecule has 1 aromatic heterocycles. The molecule has 112 valence electrons. The van der Waals surface area contributed by atoms with Crippen molar-refractivity contribution < 1.29 is 9.26 Å². The lowest BCUT2D eigenvalue weighted by molar-refractivity contribution is -0.0725. The van der Waals surface area contributed by atoms with Gasteiger partial charge in [0.2, 0.25) is 11.7 Å². The molecule has 0 amide bonds. The molecule has 1 fully saturated rings. The Morgan fingerprint density at radius 3 is 2.71 bits per heavy atom. The minimum absolute atomic E-state index is 0.243. The molecule has 1 aromatic carbocycles. The van der Waals surface area contributed by atoms with E-state index in [1.165, 1.54) is 5.56 Å². The maximum Gasteiger partial charge on any atom is 0.241 e. The number of ether oxygens (including phenoxy) is 1. The first-order valence-electron chi connectivity index (χ1n) is 7.37. The summed E-state index contributed by atoms with van der Waals surface area (Å²) in [6.45, 7) is 8.71. The van der Waals surface area contributed by atoms with E-state index >= 15 is 0 Å². The van der Waals surface area contributed by atoms with Crippen LogP contribution in [0.2, 0.25) is 0 Å². The van der Waals surface area contributed by atoms with Gasteiger partial charge in [-0.05, 0) is 26.8 Å². The molecule has 1 saturated heterocycles. The van der Waals surface area contributed by atoms with Gasteiger partial charge in [-0.3, -0.25) is 4.90 Å². The zero-order chi connectivity index (χ0) is 14.8. The quantitative estimate of drug-likeness (QED) is 0.868. The smallest absolute Gasteiger partial charge is 0.241 e. The predicted molar refractivity (Wildman–Crippen MR) is 79.8 cm³/mol. The number of aromatic nitrogens is 2. The summed E-state index contributed by atoms with van der Waals surface area (Å²) >= 11 is 0. The third-order valence-electron chi connectivity index (χ3n) is 3.60. The van der Waals surface area contributed by atoms with Crippen molar-refractivity contribution >= 4 is 0 Å². The van der Waals surface area contributed by atoms with Gasteiger partial charge in [0.05, 0.1) is 18.8 Å². The normalized spacial score (nSPS) is 23.4. The summed E-state index contributed by atoms with van der Waals surface area (Å²) in [7, 11) is 0. The number of rotatable bonds is 3. The maximum atomic E-state index is 5.73. The summed E-state index contributed by atoms with van der Waals surface area (Å²) in [4.78, 5) is 6.80. The van der Waals surface area contributed by atoms with Gasteiger partial charge >= 0.3 is 0 Å². The fraction of sp³-hybridized carbons (Fsp3) is 0.500. The Kier molecular flexibility index (Phi) is 4.03. The summed E-state index contributed by atoms with van der Waals surface area (Å²) in [6.07, 6.45) is 0.487. The van der Waals surface area contributed by atoms with Gasteiger partial charge in [-0.2, -0.15) is 4.98 Å². The molecule has 2 heterocycles. The number of hydrogen-bond acceptors (Lipinski definition) is 5. The monoisotopic (exact) mass is 287 g/mol. The van der Waals surface area contributed by atoms with Crippen molar-refractivity contribution in [2.45, 2.75) is 39.5 Å². The topological polar surface area (TPSA) is 51.4 Å². The van der Waals surface area contributed by atoms with Crippen LogP contribution in [0, 0.1) is 6.92 Å². The number of nitrogens with zero attached hydrogens (tertiary/aromatic N) is 3. The van der Waals surface area contributed by atoms with Crippen LogP contribution in [0.25, 0.3) is 11.4 Å². The van der Waals surface area contributed by atoms with Crippen LogP contribution in [-0.4, -0.2) is 40.3 Å². The predicted octanol–water partition coefficient (Wildman–Crippen LogP) is 2.65. The zero-order valence-corrected chi connectivity index (χ0v) is 12.7. The van der Waals surface area contributed by atoms with Crippen molar-refractivity contribution in [2.75, 3.05) is 13.1 Å². The lowest BCUT2D eigenvalue weighted by atomic mass is 10.1. The zero-order valence-electron chi connectivity index (χ0n) is 12.7. The van der Waals surface area contributed by atoms with E-state index in [4.69, 9.17) is 9.26 Å². The Labute approximate surface area is 124 Å². The summed E-state index contributed by atoms with van der Waals surface area (Å²) in [5.74, 6) is 1.32. The number of hydrogen-bond donors (Lipinski definition) is 0. The van der Waals surface area contributed by atoms with Crippen LogP contribution in [0.1, 0.15) is 25.3 Å². The minimum Gasteiger partial charge on any atom is -0.373 e. The van der Waals surface area contributed by atoms with Crippen molar-refractivity contribution in [2.24, 2.45) is 0 Å². The van der Waals surface area contributed by atoms with Crippen molar-refractivity contribution in [1.82, 2.24) is 15.0 Å². The SMILES string of the molecule is Cc1cccc(-c2noc(CN3CC(C)OC(C)C3)n2)c1. The van der Waals surface area contributed by atoms with Gasteiger partial charge in [0.25, 0.3) is 0 Å². The van der Waals surface area contributed by atoms with Gasteiger partial charge in [0.1, 0.15) is 0 Å². The molecular weight excluding hydrogens is 266 g/mol. The Balaban J connectivity index is 1.70. The Morgan fingerprint density at radius 1 is 1.24 bits per heavy atom. The summed E-state index contributed by atoms with van der Waals surface area (Å²) in [5, 5.41) is 4.09. The largest absolute Gasteiger partial charge is 0.373 e. The van der Waals surface area contributed by atoms with Crippen molar-refractivity contribution in [1.29, 1.82) is 0 Å². The second kappa shape index (κ2) is 5.95. The minimum atomic E-state index is 0.243. The summed E-state index contributed by atoms with van der Waals surface area (Å²) < 4.78 is 11.1. The second-order valence-electron chi connectivity index (χ2n) is 5.83. The molecule has 0 N–H and O–H groups in total. The first-order chi connectivity index (χ1) is 10.1. The molecule has 5 nitrogen and oxygen atoms in total. The van der Waals surface area contributed by atoms with Gasteiger partial charge < -0.3 is 9.26 Å². The average Bonchev–Trinajstić information content (AvgIpc) is 2.86. The average molecular weight is 287 g/mol. The highest BCUT2D eigenvalue weighted by molar-refractivity contribution is 5.55. The van der Waals surface area contributed by atoms with Crippen molar-refractivity contribution in [3.8, 4) is 11.4 Å². The van der Waals surface area contributed by atoms with Crippen LogP contribution in [0.4, 0.5) is 0 Å². The van der Waals surface area contributed by atoms with E-state index in [-0.39, 0.29) is 12.2 Å². The van der Waals surface area contributed by atoms with Crippen molar-refractivity contribution in [3.05, 3.63) is 35.7 Å². The van der Waals surface area contributed by atoms with Gasteiger partial charge in [-0.15, -0.1) is 0 Å². The fourth-order valence-electron chi connectivity index (χ4n) is 2.83. The van der Waals surface area contributed by atoms with Crippen LogP contribution >= 0.6 is 0 Å². The second-order valence-corrected chi connectivity index (χ2v) is 5.83. The van der Waals surface area contributed by atoms with Crippen molar-refractivity contribution in [3.63, 3.8) is 0 Å². The van der Waals surface area contributed by atoms with Gasteiger partial charge in [-0.1, -0.05) is 28.9 Å². The van der Waals surface area contributed by atoms with Crippen LogP contribution in [0.3, 0.4) is 0 Å². The third-order valence-corrected chi connectivity index (χ3v) is 3.60. The lowest BCUT2D eigenvalue weighted by Gasteiger charge is -2.34. The summed E-state index contributed by atoms with van der Waals surface area (Å²) in [5.41, 5.74) is 2.18. The van der Waals surface area contributed by atoms with Gasteiger partial charge in [-0.25, -0.2) is 0 Å². The molecule has 1 aliphatic rings. The molecule has 2 aromatic rings. The first kappa shape index (κ1) is 14.2. The van der Waals surface area contributed by atoms with E-state index in [0.29, 0.717) is 18.3 Å². The Hall–Kier alpha value is -1.72. The van der Waals surface area contributed by atoms with Crippen LogP contribution in [0.15, 0.2) is 28.8 Å². The fourth-order valence-corrected chi connectivity index (χ4v) is 2.83. The molecule has 0 saturated carbocycles.